The Labute approximate surface area is 122 Å². The van der Waals surface area contributed by atoms with Crippen LogP contribution in [0.4, 0.5) is 4.39 Å². The Morgan fingerprint density at radius 2 is 2.22 bits per heavy atom. The molecule has 18 heavy (non-hydrogen) atoms. The van der Waals surface area contributed by atoms with E-state index in [-0.39, 0.29) is 22.8 Å². The van der Waals surface area contributed by atoms with Crippen molar-refractivity contribution in [3.05, 3.63) is 54.9 Å². The second kappa shape index (κ2) is 5.51. The van der Waals surface area contributed by atoms with Crippen molar-refractivity contribution in [1.82, 2.24) is 0 Å². The van der Waals surface area contributed by atoms with E-state index in [1.54, 1.807) is 12.1 Å². The molecule has 0 aliphatic carbocycles. The Hall–Kier alpha value is -0.710. The summed E-state index contributed by atoms with van der Waals surface area (Å²) in [5, 5.41) is 0.288. The average molecular weight is 348 g/mol. The van der Waals surface area contributed by atoms with Crippen molar-refractivity contribution in [3.63, 3.8) is 0 Å². The van der Waals surface area contributed by atoms with E-state index < -0.39 is 5.82 Å². The third-order valence-corrected chi connectivity index (χ3v) is 5.06. The number of thiophene rings is 1. The first-order valence-corrected chi connectivity index (χ1v) is 7.20. The molecule has 0 atom stereocenters. The summed E-state index contributed by atoms with van der Waals surface area (Å²) in [5.74, 6) is -0.566. The molecule has 0 spiro atoms. The van der Waals surface area contributed by atoms with Crippen LogP contribution in [0.1, 0.15) is 20.8 Å². The summed E-state index contributed by atoms with van der Waals surface area (Å²) in [6.07, 6.45) is -0.0160. The van der Waals surface area contributed by atoms with Crippen LogP contribution in [-0.4, -0.2) is 5.78 Å². The third kappa shape index (κ3) is 2.82. The number of carbonyl (C=O) groups excluding carboxylic acids is 1. The number of hydrogen-bond acceptors (Lipinski definition) is 2. The lowest BCUT2D eigenvalue weighted by atomic mass is 10.1. The maximum absolute atomic E-state index is 13.6. The zero-order valence-corrected chi connectivity index (χ0v) is 12.6. The van der Waals surface area contributed by atoms with Crippen molar-refractivity contribution in [2.75, 3.05) is 0 Å². The van der Waals surface area contributed by atoms with Crippen LogP contribution in [0, 0.1) is 12.7 Å². The van der Waals surface area contributed by atoms with Crippen LogP contribution in [0.25, 0.3) is 0 Å². The molecule has 0 aliphatic heterocycles. The topological polar surface area (TPSA) is 17.1 Å². The van der Waals surface area contributed by atoms with Crippen molar-refractivity contribution in [2.45, 2.75) is 13.3 Å². The maximum atomic E-state index is 13.6. The SMILES string of the molecule is Cc1cc(C(=O)Cc2c(F)cccc2Cl)sc1Br. The van der Waals surface area contributed by atoms with Crippen molar-refractivity contribution in [2.24, 2.45) is 0 Å². The lowest BCUT2D eigenvalue weighted by Crippen LogP contribution is -2.04. The van der Waals surface area contributed by atoms with Gasteiger partial charge in [-0.15, -0.1) is 11.3 Å². The number of carbonyl (C=O) groups is 1. The summed E-state index contributed by atoms with van der Waals surface area (Å²) in [6, 6.07) is 6.22. The monoisotopic (exact) mass is 346 g/mol. The molecular formula is C13H9BrClFOS. The highest BCUT2D eigenvalue weighted by atomic mass is 79.9. The van der Waals surface area contributed by atoms with E-state index in [0.717, 1.165) is 9.35 Å². The molecule has 0 fully saturated rings. The van der Waals surface area contributed by atoms with E-state index in [2.05, 4.69) is 15.9 Å². The van der Waals surface area contributed by atoms with Crippen LogP contribution in [-0.2, 0) is 6.42 Å². The molecule has 0 amide bonds. The summed E-state index contributed by atoms with van der Waals surface area (Å²) in [5.41, 5.74) is 1.26. The molecule has 1 aromatic heterocycles. The van der Waals surface area contributed by atoms with Gasteiger partial charge in [0.15, 0.2) is 5.78 Å². The molecule has 0 saturated heterocycles. The number of aryl methyl sites for hydroxylation is 1. The first-order valence-electron chi connectivity index (χ1n) is 5.21. The first kappa shape index (κ1) is 13.7. The Bertz CT molecular complexity index is 569. The highest BCUT2D eigenvalue weighted by molar-refractivity contribution is 9.11. The molecule has 94 valence electrons. The fourth-order valence-electron chi connectivity index (χ4n) is 1.55. The summed E-state index contributed by atoms with van der Waals surface area (Å²) in [4.78, 5) is 12.7. The van der Waals surface area contributed by atoms with Crippen molar-refractivity contribution in [3.8, 4) is 0 Å². The number of halogens is 3. The van der Waals surface area contributed by atoms with Crippen molar-refractivity contribution >= 4 is 44.7 Å². The summed E-state index contributed by atoms with van der Waals surface area (Å²) in [6.45, 7) is 1.91. The van der Waals surface area contributed by atoms with E-state index in [1.165, 1.54) is 23.5 Å². The molecule has 0 aliphatic rings. The second-order valence-electron chi connectivity index (χ2n) is 3.87. The van der Waals surface area contributed by atoms with Gasteiger partial charge in [-0.25, -0.2) is 4.39 Å². The molecule has 2 aromatic rings. The fourth-order valence-corrected chi connectivity index (χ4v) is 3.25. The summed E-state index contributed by atoms with van der Waals surface area (Å²) in [7, 11) is 0. The third-order valence-electron chi connectivity index (χ3n) is 2.53. The molecule has 0 saturated carbocycles. The van der Waals surface area contributed by atoms with Gasteiger partial charge in [-0.3, -0.25) is 4.79 Å². The molecule has 5 heteroatoms. The van der Waals surface area contributed by atoms with Crippen LogP contribution >= 0.6 is 38.9 Å². The number of Topliss-reactive ketones (excluding diaryl/α,β-unsaturated/α-hetero) is 1. The Morgan fingerprint density at radius 3 is 2.78 bits per heavy atom. The van der Waals surface area contributed by atoms with Crippen molar-refractivity contribution < 1.29 is 9.18 Å². The largest absolute Gasteiger partial charge is 0.293 e. The first-order chi connectivity index (χ1) is 8.49. The van der Waals surface area contributed by atoms with E-state index in [1.807, 2.05) is 6.92 Å². The van der Waals surface area contributed by atoms with Crippen molar-refractivity contribution in [1.29, 1.82) is 0 Å². The average Bonchev–Trinajstić information content (AvgIpc) is 2.64. The minimum Gasteiger partial charge on any atom is -0.293 e. The van der Waals surface area contributed by atoms with E-state index in [9.17, 15) is 9.18 Å². The molecule has 0 bridgehead atoms. The van der Waals surface area contributed by atoms with Gasteiger partial charge >= 0.3 is 0 Å². The minimum atomic E-state index is -0.441. The smallest absolute Gasteiger partial charge is 0.177 e. The Kier molecular flexibility index (Phi) is 4.20. The van der Waals surface area contributed by atoms with Gasteiger partial charge in [0.1, 0.15) is 5.82 Å². The zero-order chi connectivity index (χ0) is 13.3. The predicted octanol–water partition coefficient (Wildman–Crippen LogP) is 5.04. The molecule has 1 aromatic carbocycles. The summed E-state index contributed by atoms with van der Waals surface area (Å²) < 4.78 is 14.5. The van der Waals surface area contributed by atoms with Gasteiger partial charge < -0.3 is 0 Å². The minimum absolute atomic E-state index is 0.0160. The highest BCUT2D eigenvalue weighted by Gasteiger charge is 2.16. The van der Waals surface area contributed by atoms with Gasteiger partial charge in [0.25, 0.3) is 0 Å². The van der Waals surface area contributed by atoms with Gasteiger partial charge in [0, 0.05) is 17.0 Å². The van der Waals surface area contributed by atoms with E-state index >= 15 is 0 Å². The van der Waals surface area contributed by atoms with Gasteiger partial charge in [-0.1, -0.05) is 17.7 Å². The molecule has 1 heterocycles. The van der Waals surface area contributed by atoms with Crippen LogP contribution in [0.3, 0.4) is 0 Å². The lowest BCUT2D eigenvalue weighted by Gasteiger charge is -2.03. The highest BCUT2D eigenvalue weighted by Crippen LogP contribution is 2.29. The molecule has 0 unspecified atom stereocenters. The molecule has 1 nitrogen and oxygen atoms in total. The summed E-state index contributed by atoms with van der Waals surface area (Å²) >= 11 is 10.6. The van der Waals surface area contributed by atoms with Gasteiger partial charge in [0.05, 0.1) is 8.66 Å². The van der Waals surface area contributed by atoms with Crippen LogP contribution in [0.2, 0.25) is 5.02 Å². The predicted molar refractivity (Wildman–Crippen MR) is 76.2 cm³/mol. The molecule has 0 N–H and O–H groups in total. The Balaban J connectivity index is 2.27. The van der Waals surface area contributed by atoms with Gasteiger partial charge in [-0.05, 0) is 46.6 Å². The number of rotatable bonds is 3. The van der Waals surface area contributed by atoms with E-state index in [4.69, 9.17) is 11.6 Å². The number of hydrogen-bond donors (Lipinski definition) is 0. The standard InChI is InChI=1S/C13H9BrClFOS/c1-7-5-12(18-13(7)14)11(17)6-8-9(15)3-2-4-10(8)16/h2-5H,6H2,1H3. The lowest BCUT2D eigenvalue weighted by molar-refractivity contribution is 0.0995. The second-order valence-corrected chi connectivity index (χ2v) is 6.64. The molecule has 2 rings (SSSR count). The zero-order valence-electron chi connectivity index (χ0n) is 9.47. The van der Waals surface area contributed by atoms with E-state index in [0.29, 0.717) is 4.88 Å². The fraction of sp³-hybridized carbons (Fsp3) is 0.154. The quantitative estimate of drug-likeness (QED) is 0.711. The van der Waals surface area contributed by atoms with Crippen LogP contribution in [0.15, 0.2) is 28.1 Å². The number of ketones is 1. The maximum Gasteiger partial charge on any atom is 0.177 e. The van der Waals surface area contributed by atoms with Gasteiger partial charge in [0.2, 0.25) is 0 Å². The molecular weight excluding hydrogens is 339 g/mol. The normalized spacial score (nSPS) is 10.7. The number of benzene rings is 1. The van der Waals surface area contributed by atoms with Crippen LogP contribution in [0.5, 0.6) is 0 Å². The molecule has 0 radical (unpaired) electrons. The van der Waals surface area contributed by atoms with Gasteiger partial charge in [-0.2, -0.15) is 0 Å². The Morgan fingerprint density at radius 1 is 1.50 bits per heavy atom. The van der Waals surface area contributed by atoms with Crippen LogP contribution < -0.4 is 0 Å².